The summed E-state index contributed by atoms with van der Waals surface area (Å²) in [4.78, 5) is 0. The van der Waals surface area contributed by atoms with Crippen LogP contribution in [0, 0.1) is 0 Å². The average Bonchev–Trinajstić information content (AvgIpc) is 3.57. The minimum absolute atomic E-state index is 0.0169. The van der Waals surface area contributed by atoms with E-state index in [0.29, 0.717) is 0 Å². The predicted octanol–water partition coefficient (Wildman–Crippen LogP) is 5.72. The molecule has 0 fully saturated rings. The maximum Gasteiger partial charge on any atom is 0.153 e. The second kappa shape index (κ2) is 7.29. The summed E-state index contributed by atoms with van der Waals surface area (Å²) in [6, 6.07) is 32.7. The third kappa shape index (κ3) is 3.20. The lowest BCUT2D eigenvalue weighted by Crippen LogP contribution is -2.11. The van der Waals surface area contributed by atoms with Crippen LogP contribution in [-0.2, 0) is 0 Å². The highest BCUT2D eigenvalue weighted by Crippen LogP contribution is 2.33. The third-order valence-corrected chi connectivity index (χ3v) is 5.62. The standard InChI is InChI=1S/C26H20N4O/c1-3-9-18(10-4-1)21-16-22(28-27-21)23-17-24(30(29-23)20-12-5-2-6-13-20)26-15-19-11-7-8-14-25(19)31-26/h1-15,17,22,28H,16H2. The van der Waals surface area contributed by atoms with E-state index in [-0.39, 0.29) is 6.04 Å². The molecule has 1 atom stereocenters. The van der Waals surface area contributed by atoms with Gasteiger partial charge in [0.1, 0.15) is 11.3 Å². The van der Waals surface area contributed by atoms with E-state index in [1.165, 1.54) is 0 Å². The Labute approximate surface area is 179 Å². The lowest BCUT2D eigenvalue weighted by atomic mass is 10.0. The lowest BCUT2D eigenvalue weighted by Gasteiger charge is -2.07. The highest BCUT2D eigenvalue weighted by atomic mass is 16.3. The second-order valence-electron chi connectivity index (χ2n) is 7.66. The first-order valence-corrected chi connectivity index (χ1v) is 10.4. The number of benzene rings is 3. The Kier molecular flexibility index (Phi) is 4.17. The largest absolute Gasteiger partial charge is 0.454 e. The SMILES string of the molecule is c1ccc(C2=NNC(c3cc(-c4cc5ccccc5o4)n(-c4ccccc4)n3)C2)cc1. The fourth-order valence-corrected chi connectivity index (χ4v) is 4.04. The van der Waals surface area contributed by atoms with Gasteiger partial charge in [0.2, 0.25) is 0 Å². The van der Waals surface area contributed by atoms with Crippen LogP contribution in [0.25, 0.3) is 28.1 Å². The maximum absolute atomic E-state index is 6.17. The first-order valence-electron chi connectivity index (χ1n) is 10.4. The van der Waals surface area contributed by atoms with E-state index in [9.17, 15) is 0 Å². The number of rotatable bonds is 4. The molecule has 1 unspecified atom stereocenters. The molecular formula is C26H20N4O. The molecule has 1 N–H and O–H groups in total. The van der Waals surface area contributed by atoms with Crippen molar-refractivity contribution >= 4 is 16.7 Å². The molecule has 6 rings (SSSR count). The molecular weight excluding hydrogens is 384 g/mol. The molecule has 0 aliphatic carbocycles. The van der Waals surface area contributed by atoms with Crippen LogP contribution in [0.5, 0.6) is 0 Å². The average molecular weight is 404 g/mol. The van der Waals surface area contributed by atoms with Gasteiger partial charge in [0.25, 0.3) is 0 Å². The van der Waals surface area contributed by atoms with Gasteiger partial charge in [-0.05, 0) is 35.9 Å². The number of aromatic nitrogens is 2. The molecule has 0 bridgehead atoms. The van der Waals surface area contributed by atoms with E-state index in [1.807, 2.05) is 59.3 Å². The first kappa shape index (κ1) is 17.7. The monoisotopic (exact) mass is 404 g/mol. The molecule has 31 heavy (non-hydrogen) atoms. The Morgan fingerprint density at radius 1 is 0.839 bits per heavy atom. The Hall–Kier alpha value is -4.12. The summed E-state index contributed by atoms with van der Waals surface area (Å²) in [5.74, 6) is 0.797. The van der Waals surface area contributed by atoms with Gasteiger partial charge in [0.15, 0.2) is 5.76 Å². The summed E-state index contributed by atoms with van der Waals surface area (Å²) in [6.07, 6.45) is 0.787. The van der Waals surface area contributed by atoms with Crippen molar-refractivity contribution in [2.75, 3.05) is 0 Å². The first-order chi connectivity index (χ1) is 15.3. The minimum atomic E-state index is 0.0169. The van der Waals surface area contributed by atoms with Gasteiger partial charge in [-0.25, -0.2) is 4.68 Å². The molecule has 0 amide bonds. The molecule has 0 radical (unpaired) electrons. The van der Waals surface area contributed by atoms with Crippen molar-refractivity contribution in [2.45, 2.75) is 12.5 Å². The van der Waals surface area contributed by atoms with Gasteiger partial charge in [0, 0.05) is 11.8 Å². The summed E-state index contributed by atoms with van der Waals surface area (Å²) in [5.41, 5.74) is 9.18. The van der Waals surface area contributed by atoms with Crippen molar-refractivity contribution < 1.29 is 4.42 Å². The van der Waals surface area contributed by atoms with Crippen LogP contribution in [0.3, 0.4) is 0 Å². The highest BCUT2D eigenvalue weighted by molar-refractivity contribution is 6.01. The molecule has 5 nitrogen and oxygen atoms in total. The molecule has 1 aliphatic rings. The number of fused-ring (bicyclic) bond motifs is 1. The molecule has 3 heterocycles. The van der Waals surface area contributed by atoms with Gasteiger partial charge in [-0.1, -0.05) is 66.7 Å². The van der Waals surface area contributed by atoms with E-state index in [4.69, 9.17) is 9.52 Å². The van der Waals surface area contributed by atoms with Crippen LogP contribution in [0.2, 0.25) is 0 Å². The van der Waals surface area contributed by atoms with Crippen LogP contribution in [0.1, 0.15) is 23.7 Å². The van der Waals surface area contributed by atoms with Crippen molar-refractivity contribution in [2.24, 2.45) is 5.10 Å². The Morgan fingerprint density at radius 2 is 1.58 bits per heavy atom. The number of nitrogens with zero attached hydrogens (tertiary/aromatic N) is 3. The number of furan rings is 1. The van der Waals surface area contributed by atoms with E-state index in [2.05, 4.69) is 53.0 Å². The molecule has 3 aromatic carbocycles. The number of para-hydroxylation sites is 2. The van der Waals surface area contributed by atoms with Gasteiger partial charge in [-0.3, -0.25) is 0 Å². The Bertz CT molecular complexity index is 1350. The number of hydrogen-bond acceptors (Lipinski definition) is 4. The van der Waals surface area contributed by atoms with Crippen LogP contribution in [-0.4, -0.2) is 15.5 Å². The summed E-state index contributed by atoms with van der Waals surface area (Å²) in [7, 11) is 0. The lowest BCUT2D eigenvalue weighted by molar-refractivity contribution is 0.593. The Morgan fingerprint density at radius 3 is 2.39 bits per heavy atom. The number of hydrazone groups is 1. The molecule has 150 valence electrons. The van der Waals surface area contributed by atoms with Gasteiger partial charge >= 0.3 is 0 Å². The van der Waals surface area contributed by atoms with Gasteiger partial charge in [-0.2, -0.15) is 10.2 Å². The van der Waals surface area contributed by atoms with Crippen LogP contribution in [0.15, 0.2) is 107 Å². The molecule has 5 heteroatoms. The van der Waals surface area contributed by atoms with Crippen LogP contribution >= 0.6 is 0 Å². The fourth-order valence-electron chi connectivity index (χ4n) is 4.04. The minimum Gasteiger partial charge on any atom is -0.454 e. The molecule has 1 aliphatic heterocycles. The highest BCUT2D eigenvalue weighted by Gasteiger charge is 2.26. The van der Waals surface area contributed by atoms with Crippen molar-refractivity contribution in [3.63, 3.8) is 0 Å². The van der Waals surface area contributed by atoms with Crippen molar-refractivity contribution in [3.8, 4) is 17.1 Å². The van der Waals surface area contributed by atoms with E-state index in [0.717, 1.165) is 51.5 Å². The Balaban J connectivity index is 1.40. The van der Waals surface area contributed by atoms with E-state index < -0.39 is 0 Å². The van der Waals surface area contributed by atoms with Gasteiger partial charge in [0.05, 0.1) is 23.1 Å². The number of nitrogens with one attached hydrogen (secondary N) is 1. The van der Waals surface area contributed by atoms with E-state index >= 15 is 0 Å². The molecule has 5 aromatic rings. The predicted molar refractivity (Wildman–Crippen MR) is 122 cm³/mol. The van der Waals surface area contributed by atoms with Crippen LogP contribution in [0.4, 0.5) is 0 Å². The molecule has 2 aromatic heterocycles. The zero-order valence-corrected chi connectivity index (χ0v) is 16.8. The van der Waals surface area contributed by atoms with Crippen molar-refractivity contribution in [1.82, 2.24) is 15.2 Å². The van der Waals surface area contributed by atoms with Gasteiger partial charge < -0.3 is 9.84 Å². The fraction of sp³-hybridized carbons (Fsp3) is 0.0769. The quantitative estimate of drug-likeness (QED) is 0.416. The van der Waals surface area contributed by atoms with Crippen molar-refractivity contribution in [3.05, 3.63) is 108 Å². The molecule has 0 saturated heterocycles. The zero-order chi connectivity index (χ0) is 20.6. The topological polar surface area (TPSA) is 55.4 Å². The van der Waals surface area contributed by atoms with E-state index in [1.54, 1.807) is 0 Å². The molecule has 0 saturated carbocycles. The molecule has 0 spiro atoms. The van der Waals surface area contributed by atoms with Crippen molar-refractivity contribution in [1.29, 1.82) is 0 Å². The van der Waals surface area contributed by atoms with Gasteiger partial charge in [-0.15, -0.1) is 0 Å². The van der Waals surface area contributed by atoms with Crippen LogP contribution < -0.4 is 5.43 Å². The smallest absolute Gasteiger partial charge is 0.153 e. The zero-order valence-electron chi connectivity index (χ0n) is 16.8. The summed E-state index contributed by atoms with van der Waals surface area (Å²) in [6.45, 7) is 0. The number of hydrogen-bond donors (Lipinski definition) is 1. The summed E-state index contributed by atoms with van der Waals surface area (Å²) >= 11 is 0. The normalized spacial score (nSPS) is 15.7. The summed E-state index contributed by atoms with van der Waals surface area (Å²) < 4.78 is 8.13. The maximum atomic E-state index is 6.17. The second-order valence-corrected chi connectivity index (χ2v) is 7.66. The third-order valence-electron chi connectivity index (χ3n) is 5.62. The summed E-state index contributed by atoms with van der Waals surface area (Å²) in [5, 5.41) is 10.6.